The van der Waals surface area contributed by atoms with Gasteiger partial charge in [-0.25, -0.2) is 9.65 Å². The van der Waals surface area contributed by atoms with Crippen molar-refractivity contribution in [2.24, 2.45) is 0 Å². The number of rotatable bonds is 6. The number of ether oxygens (including phenoxy) is 1. The molecule has 1 aromatic rings. The minimum atomic E-state index is -3.32. The standard InChI is InChI=1S/C11H16NO5P/c13-11(17-18(14)12-6-7-16-18)9-15-8-10-4-2-1-3-5-10/h1-5,11,13H,6-9H2,(H,12,14). The van der Waals surface area contributed by atoms with Crippen LogP contribution in [0, 0.1) is 0 Å². The van der Waals surface area contributed by atoms with Crippen LogP contribution in [0.25, 0.3) is 0 Å². The van der Waals surface area contributed by atoms with Gasteiger partial charge in [-0.1, -0.05) is 30.3 Å². The second-order valence-corrected chi connectivity index (χ2v) is 5.58. The van der Waals surface area contributed by atoms with Crippen LogP contribution in [0.4, 0.5) is 0 Å². The topological polar surface area (TPSA) is 77.0 Å². The summed E-state index contributed by atoms with van der Waals surface area (Å²) in [4.78, 5) is 0. The Kier molecular flexibility index (Phi) is 4.88. The van der Waals surface area contributed by atoms with Gasteiger partial charge in [0.25, 0.3) is 0 Å². The zero-order valence-electron chi connectivity index (χ0n) is 9.82. The van der Waals surface area contributed by atoms with E-state index in [-0.39, 0.29) is 6.61 Å². The van der Waals surface area contributed by atoms with Crippen molar-refractivity contribution in [2.45, 2.75) is 12.9 Å². The fourth-order valence-corrected chi connectivity index (χ4v) is 2.81. The van der Waals surface area contributed by atoms with Crippen LogP contribution in [0.3, 0.4) is 0 Å². The van der Waals surface area contributed by atoms with E-state index in [1.807, 2.05) is 30.3 Å². The fourth-order valence-electron chi connectivity index (χ4n) is 1.50. The third kappa shape index (κ3) is 4.17. The average Bonchev–Trinajstić information content (AvgIpc) is 2.77. The Morgan fingerprint density at radius 1 is 1.44 bits per heavy atom. The molecular weight excluding hydrogens is 257 g/mol. The predicted octanol–water partition coefficient (Wildman–Crippen LogP) is 1.27. The molecule has 6 nitrogen and oxygen atoms in total. The highest BCUT2D eigenvalue weighted by Gasteiger charge is 2.32. The van der Waals surface area contributed by atoms with Gasteiger partial charge in [0.05, 0.1) is 19.8 Å². The highest BCUT2D eigenvalue weighted by atomic mass is 31.2. The second-order valence-electron chi connectivity index (χ2n) is 3.80. The van der Waals surface area contributed by atoms with E-state index in [4.69, 9.17) is 13.8 Å². The Bertz CT molecular complexity index is 403. The van der Waals surface area contributed by atoms with Gasteiger partial charge in [0.2, 0.25) is 0 Å². The molecule has 0 radical (unpaired) electrons. The second kappa shape index (κ2) is 6.43. The van der Waals surface area contributed by atoms with Crippen LogP contribution in [0.1, 0.15) is 5.56 Å². The van der Waals surface area contributed by atoms with Gasteiger partial charge in [0.1, 0.15) is 0 Å². The van der Waals surface area contributed by atoms with E-state index in [9.17, 15) is 9.67 Å². The summed E-state index contributed by atoms with van der Waals surface area (Å²) in [5.41, 5.74) is 0.992. The first-order valence-corrected chi connectivity index (χ1v) is 7.20. The predicted molar refractivity (Wildman–Crippen MR) is 64.8 cm³/mol. The average molecular weight is 273 g/mol. The molecule has 0 aliphatic carbocycles. The lowest BCUT2D eigenvalue weighted by Crippen LogP contribution is -2.20. The van der Waals surface area contributed by atoms with Gasteiger partial charge in [0, 0.05) is 6.54 Å². The van der Waals surface area contributed by atoms with Crippen molar-refractivity contribution in [3.05, 3.63) is 35.9 Å². The Hall–Kier alpha value is -0.750. The molecular formula is C11H16NO5P. The molecule has 1 aliphatic heterocycles. The minimum absolute atomic E-state index is 0.0656. The van der Waals surface area contributed by atoms with E-state index in [2.05, 4.69) is 5.09 Å². The van der Waals surface area contributed by atoms with Crippen molar-refractivity contribution in [3.63, 3.8) is 0 Å². The molecule has 0 amide bonds. The van der Waals surface area contributed by atoms with E-state index in [0.717, 1.165) is 5.56 Å². The van der Waals surface area contributed by atoms with Crippen molar-refractivity contribution >= 4 is 7.75 Å². The van der Waals surface area contributed by atoms with Crippen LogP contribution in [-0.4, -0.2) is 31.2 Å². The Morgan fingerprint density at radius 3 is 2.89 bits per heavy atom. The fraction of sp³-hybridized carbons (Fsp3) is 0.455. The first-order chi connectivity index (χ1) is 8.68. The molecule has 1 aliphatic rings. The third-order valence-electron chi connectivity index (χ3n) is 2.30. The number of aliphatic hydroxyl groups excluding tert-OH is 1. The van der Waals surface area contributed by atoms with Gasteiger partial charge in [-0.05, 0) is 5.56 Å². The lowest BCUT2D eigenvalue weighted by molar-refractivity contribution is -0.0865. The van der Waals surface area contributed by atoms with Crippen LogP contribution in [0.15, 0.2) is 30.3 Å². The highest BCUT2D eigenvalue weighted by molar-refractivity contribution is 7.51. The molecule has 0 bridgehead atoms. The number of aliphatic hydroxyl groups is 1. The lowest BCUT2D eigenvalue weighted by atomic mass is 10.2. The van der Waals surface area contributed by atoms with Gasteiger partial charge in [-0.2, -0.15) is 0 Å². The summed E-state index contributed by atoms with van der Waals surface area (Å²) in [6, 6.07) is 9.55. The lowest BCUT2D eigenvalue weighted by Gasteiger charge is -2.16. The number of hydrogen-bond donors (Lipinski definition) is 2. The molecule has 0 aromatic heterocycles. The Morgan fingerprint density at radius 2 is 2.22 bits per heavy atom. The molecule has 0 spiro atoms. The number of hydrogen-bond acceptors (Lipinski definition) is 5. The molecule has 1 heterocycles. The third-order valence-corrected chi connectivity index (χ3v) is 3.96. The first kappa shape index (κ1) is 13.7. The van der Waals surface area contributed by atoms with Crippen molar-refractivity contribution in [2.75, 3.05) is 19.8 Å². The van der Waals surface area contributed by atoms with E-state index < -0.39 is 14.0 Å². The molecule has 18 heavy (non-hydrogen) atoms. The van der Waals surface area contributed by atoms with Gasteiger partial charge < -0.3 is 9.84 Å². The maximum atomic E-state index is 11.7. The molecule has 2 atom stereocenters. The van der Waals surface area contributed by atoms with E-state index in [0.29, 0.717) is 19.8 Å². The van der Waals surface area contributed by atoms with Crippen LogP contribution >= 0.6 is 7.75 Å². The van der Waals surface area contributed by atoms with Crippen molar-refractivity contribution in [1.29, 1.82) is 0 Å². The monoisotopic (exact) mass is 273 g/mol. The summed E-state index contributed by atoms with van der Waals surface area (Å²) in [5, 5.41) is 12.1. The zero-order chi connectivity index (χ0) is 12.8. The molecule has 1 fully saturated rings. The molecule has 2 unspecified atom stereocenters. The van der Waals surface area contributed by atoms with E-state index >= 15 is 0 Å². The van der Waals surface area contributed by atoms with E-state index in [1.54, 1.807) is 0 Å². The molecule has 0 saturated carbocycles. The summed E-state index contributed by atoms with van der Waals surface area (Å²) in [6.45, 7) is 1.06. The molecule has 7 heteroatoms. The normalized spacial score (nSPS) is 25.2. The largest absolute Gasteiger partial charge is 0.408 e. The van der Waals surface area contributed by atoms with Gasteiger partial charge in [-0.15, -0.1) is 0 Å². The summed E-state index contributed by atoms with van der Waals surface area (Å²) in [5.74, 6) is 0. The summed E-state index contributed by atoms with van der Waals surface area (Å²) in [6.07, 6.45) is -1.27. The minimum Gasteiger partial charge on any atom is -0.371 e. The number of nitrogens with one attached hydrogen (secondary N) is 1. The molecule has 1 aromatic carbocycles. The zero-order valence-corrected chi connectivity index (χ0v) is 10.7. The number of benzene rings is 1. The molecule has 2 N–H and O–H groups in total. The maximum absolute atomic E-state index is 11.7. The SMILES string of the molecule is O=P1(OC(O)COCc2ccccc2)NCCO1. The van der Waals surface area contributed by atoms with Crippen LogP contribution in [0.5, 0.6) is 0 Å². The molecule has 2 rings (SSSR count). The van der Waals surface area contributed by atoms with Gasteiger partial charge in [0.15, 0.2) is 6.29 Å². The van der Waals surface area contributed by atoms with Crippen molar-refractivity contribution < 1.29 is 23.5 Å². The van der Waals surface area contributed by atoms with Gasteiger partial charge >= 0.3 is 7.75 Å². The molecule has 100 valence electrons. The molecule has 1 saturated heterocycles. The first-order valence-electron chi connectivity index (χ1n) is 5.66. The van der Waals surface area contributed by atoms with Crippen LogP contribution < -0.4 is 5.09 Å². The highest BCUT2D eigenvalue weighted by Crippen LogP contribution is 2.47. The summed E-state index contributed by atoms with van der Waals surface area (Å²) in [7, 11) is -3.32. The Balaban J connectivity index is 1.69. The maximum Gasteiger partial charge on any atom is 0.408 e. The van der Waals surface area contributed by atoms with Crippen LogP contribution in [-0.2, 0) is 25.0 Å². The van der Waals surface area contributed by atoms with Gasteiger partial charge in [-0.3, -0.25) is 9.05 Å². The smallest absolute Gasteiger partial charge is 0.371 e. The van der Waals surface area contributed by atoms with Crippen molar-refractivity contribution in [1.82, 2.24) is 5.09 Å². The van der Waals surface area contributed by atoms with E-state index in [1.165, 1.54) is 0 Å². The quantitative estimate of drug-likeness (QED) is 0.600. The van der Waals surface area contributed by atoms with Crippen molar-refractivity contribution in [3.8, 4) is 0 Å². The van der Waals surface area contributed by atoms with Crippen LogP contribution in [0.2, 0.25) is 0 Å². The summed E-state index contributed by atoms with van der Waals surface area (Å²) >= 11 is 0. The Labute approximate surface area is 105 Å². The summed E-state index contributed by atoms with van der Waals surface area (Å²) < 4.78 is 26.7.